The van der Waals surface area contributed by atoms with Gasteiger partial charge in [0.15, 0.2) is 0 Å². The summed E-state index contributed by atoms with van der Waals surface area (Å²) in [5.41, 5.74) is 5.45. The molecule has 94 valence electrons. The highest BCUT2D eigenvalue weighted by Gasteiger charge is 2.41. The van der Waals surface area contributed by atoms with Crippen LogP contribution in [0.15, 0.2) is 0 Å². The molecule has 1 saturated carbocycles. The molecule has 0 spiro atoms. The van der Waals surface area contributed by atoms with Crippen LogP contribution in [-0.4, -0.2) is 38.4 Å². The molecule has 1 amide bonds. The van der Waals surface area contributed by atoms with Crippen molar-refractivity contribution < 1.29 is 22.7 Å². The molecule has 1 rings (SSSR count). The third-order valence-electron chi connectivity index (χ3n) is 2.55. The van der Waals surface area contributed by atoms with Crippen molar-refractivity contribution in [2.75, 3.05) is 26.3 Å². The van der Waals surface area contributed by atoms with Gasteiger partial charge >= 0.3 is 6.18 Å². The number of hydrogen-bond acceptors (Lipinski definition) is 3. The summed E-state index contributed by atoms with van der Waals surface area (Å²) >= 11 is 0. The van der Waals surface area contributed by atoms with Gasteiger partial charge in [-0.2, -0.15) is 13.2 Å². The van der Waals surface area contributed by atoms with E-state index >= 15 is 0 Å². The number of ether oxygens (including phenoxy) is 1. The highest BCUT2D eigenvalue weighted by Crippen LogP contribution is 2.43. The van der Waals surface area contributed by atoms with Gasteiger partial charge in [0.05, 0.1) is 0 Å². The van der Waals surface area contributed by atoms with E-state index in [1.807, 2.05) is 0 Å². The van der Waals surface area contributed by atoms with E-state index in [0.717, 1.165) is 12.8 Å². The minimum atomic E-state index is -4.39. The van der Waals surface area contributed by atoms with Gasteiger partial charge in [-0.15, -0.1) is 0 Å². The molecule has 1 aliphatic rings. The van der Waals surface area contributed by atoms with Crippen LogP contribution in [0.2, 0.25) is 0 Å². The lowest BCUT2D eigenvalue weighted by molar-refractivity contribution is -0.175. The molecule has 1 fully saturated rings. The lowest BCUT2D eigenvalue weighted by Crippen LogP contribution is -2.36. The van der Waals surface area contributed by atoms with Crippen LogP contribution < -0.4 is 11.1 Å². The van der Waals surface area contributed by atoms with Gasteiger partial charge in [-0.3, -0.25) is 4.79 Å². The van der Waals surface area contributed by atoms with Crippen molar-refractivity contribution in [1.29, 1.82) is 0 Å². The topological polar surface area (TPSA) is 64.3 Å². The van der Waals surface area contributed by atoms with Gasteiger partial charge < -0.3 is 15.8 Å². The van der Waals surface area contributed by atoms with Crippen molar-refractivity contribution >= 4 is 5.91 Å². The minimum Gasteiger partial charge on any atom is -0.362 e. The zero-order chi connectivity index (χ0) is 12.2. The van der Waals surface area contributed by atoms with Crippen molar-refractivity contribution in [2.45, 2.75) is 19.0 Å². The van der Waals surface area contributed by atoms with Crippen molar-refractivity contribution in [3.8, 4) is 0 Å². The molecule has 0 aromatic rings. The van der Waals surface area contributed by atoms with E-state index < -0.39 is 25.3 Å². The Morgan fingerprint density at radius 3 is 2.50 bits per heavy atom. The van der Waals surface area contributed by atoms with Gasteiger partial charge in [0.25, 0.3) is 0 Å². The molecule has 0 bridgehead atoms. The molecule has 4 nitrogen and oxygen atoms in total. The second-order valence-electron chi connectivity index (χ2n) is 4.09. The number of rotatable bonds is 6. The Bertz CT molecular complexity index is 252. The second kappa shape index (κ2) is 5.01. The Kier molecular flexibility index (Phi) is 4.15. The third-order valence-corrected chi connectivity index (χ3v) is 2.55. The molecule has 0 aromatic heterocycles. The predicted molar refractivity (Wildman–Crippen MR) is 50.6 cm³/mol. The van der Waals surface area contributed by atoms with Crippen LogP contribution in [0.5, 0.6) is 0 Å². The van der Waals surface area contributed by atoms with E-state index in [1.165, 1.54) is 0 Å². The lowest BCUT2D eigenvalue weighted by atomic mass is 10.1. The molecule has 0 heterocycles. The lowest BCUT2D eigenvalue weighted by Gasteiger charge is -2.13. The monoisotopic (exact) mass is 240 g/mol. The first-order valence-corrected chi connectivity index (χ1v) is 4.98. The Hall–Kier alpha value is -0.820. The first kappa shape index (κ1) is 13.2. The molecule has 0 unspecified atom stereocenters. The Labute approximate surface area is 91.3 Å². The maximum atomic E-state index is 11.7. The Morgan fingerprint density at radius 2 is 2.06 bits per heavy atom. The minimum absolute atomic E-state index is 0.0281. The normalized spacial score (nSPS) is 18.2. The smallest absolute Gasteiger partial charge is 0.362 e. The fourth-order valence-electron chi connectivity index (χ4n) is 1.23. The highest BCUT2D eigenvalue weighted by atomic mass is 19.4. The van der Waals surface area contributed by atoms with Crippen molar-refractivity contribution in [1.82, 2.24) is 5.32 Å². The quantitative estimate of drug-likeness (QED) is 0.707. The molecule has 7 heteroatoms. The van der Waals surface area contributed by atoms with Gasteiger partial charge in [-0.1, -0.05) is 0 Å². The average Bonchev–Trinajstić information content (AvgIpc) is 2.93. The largest absolute Gasteiger partial charge is 0.411 e. The second-order valence-corrected chi connectivity index (χ2v) is 4.09. The third kappa shape index (κ3) is 4.80. The van der Waals surface area contributed by atoms with E-state index in [-0.39, 0.29) is 5.41 Å². The maximum absolute atomic E-state index is 11.7. The van der Waals surface area contributed by atoms with E-state index in [1.54, 1.807) is 0 Å². The molecular formula is C9H15F3N2O2. The summed E-state index contributed by atoms with van der Waals surface area (Å²) in [7, 11) is 0. The van der Waals surface area contributed by atoms with Crippen LogP contribution in [0.3, 0.4) is 0 Å². The summed E-state index contributed by atoms with van der Waals surface area (Å²) < 4.78 is 39.2. The molecule has 3 N–H and O–H groups in total. The number of hydrogen-bond donors (Lipinski definition) is 2. The van der Waals surface area contributed by atoms with Crippen LogP contribution in [0.4, 0.5) is 13.2 Å². The number of halogens is 3. The van der Waals surface area contributed by atoms with Crippen LogP contribution in [0, 0.1) is 5.41 Å². The van der Waals surface area contributed by atoms with E-state index in [4.69, 9.17) is 5.73 Å². The average molecular weight is 240 g/mol. The Balaban J connectivity index is 2.08. The first-order valence-electron chi connectivity index (χ1n) is 4.98. The zero-order valence-corrected chi connectivity index (χ0v) is 8.77. The standard InChI is InChI=1S/C9H15F3N2O2/c10-9(11,12)6-16-3-7(15)14-5-8(4-13)1-2-8/h1-6,13H2,(H,14,15). The summed E-state index contributed by atoms with van der Waals surface area (Å²) in [4.78, 5) is 11.1. The number of nitrogens with two attached hydrogens (primary N) is 1. The summed E-state index contributed by atoms with van der Waals surface area (Å²) in [6.45, 7) is -1.07. The highest BCUT2D eigenvalue weighted by molar-refractivity contribution is 5.77. The van der Waals surface area contributed by atoms with Crippen LogP contribution >= 0.6 is 0 Å². The summed E-state index contributed by atoms with van der Waals surface area (Å²) in [6.07, 6.45) is -2.49. The molecule has 16 heavy (non-hydrogen) atoms. The molecule has 1 aliphatic carbocycles. The first-order chi connectivity index (χ1) is 7.37. The molecule has 0 saturated heterocycles. The summed E-state index contributed by atoms with van der Waals surface area (Å²) in [5.74, 6) is -0.538. The van der Waals surface area contributed by atoms with Gasteiger partial charge in [0.1, 0.15) is 13.2 Å². The predicted octanol–water partition coefficient (Wildman–Crippen LogP) is 0.420. The van der Waals surface area contributed by atoms with E-state index in [2.05, 4.69) is 10.1 Å². The number of alkyl halides is 3. The molecular weight excluding hydrogens is 225 g/mol. The number of carbonyl (C=O) groups excluding carboxylic acids is 1. The van der Waals surface area contributed by atoms with Crippen LogP contribution in [-0.2, 0) is 9.53 Å². The molecule has 0 atom stereocenters. The van der Waals surface area contributed by atoms with Crippen molar-refractivity contribution in [3.63, 3.8) is 0 Å². The maximum Gasteiger partial charge on any atom is 0.411 e. The molecule has 0 aliphatic heterocycles. The van der Waals surface area contributed by atoms with Crippen LogP contribution in [0.25, 0.3) is 0 Å². The van der Waals surface area contributed by atoms with E-state index in [9.17, 15) is 18.0 Å². The fraction of sp³-hybridized carbons (Fsp3) is 0.889. The fourth-order valence-corrected chi connectivity index (χ4v) is 1.23. The van der Waals surface area contributed by atoms with Gasteiger partial charge in [-0.05, 0) is 24.8 Å². The number of carbonyl (C=O) groups is 1. The number of amides is 1. The SMILES string of the molecule is NCC1(CNC(=O)COCC(F)(F)F)CC1. The van der Waals surface area contributed by atoms with Gasteiger partial charge in [0, 0.05) is 6.54 Å². The van der Waals surface area contributed by atoms with E-state index in [0.29, 0.717) is 13.1 Å². The molecule has 0 aromatic carbocycles. The van der Waals surface area contributed by atoms with Gasteiger partial charge in [0.2, 0.25) is 5.91 Å². The Morgan fingerprint density at radius 1 is 1.44 bits per heavy atom. The summed E-state index contributed by atoms with van der Waals surface area (Å²) in [6, 6.07) is 0. The summed E-state index contributed by atoms with van der Waals surface area (Å²) in [5, 5.41) is 2.51. The van der Waals surface area contributed by atoms with Crippen molar-refractivity contribution in [2.24, 2.45) is 11.1 Å². The van der Waals surface area contributed by atoms with Gasteiger partial charge in [-0.25, -0.2) is 0 Å². The van der Waals surface area contributed by atoms with Crippen LogP contribution in [0.1, 0.15) is 12.8 Å². The van der Waals surface area contributed by atoms with Crippen molar-refractivity contribution in [3.05, 3.63) is 0 Å². The number of nitrogens with one attached hydrogen (secondary N) is 1. The zero-order valence-electron chi connectivity index (χ0n) is 8.77. The molecule has 0 radical (unpaired) electrons.